The molecule has 1 aromatic rings. The lowest BCUT2D eigenvalue weighted by atomic mass is 9.72. The predicted octanol–water partition coefficient (Wildman–Crippen LogP) is 1.92. The van der Waals surface area contributed by atoms with Crippen LogP contribution in [0, 0.1) is 0 Å². The molecule has 1 aliphatic rings. The molecule has 1 atom stereocenters. The standard InChI is InChI=1S/C15H21NO3/c1-16-14(18)13(11-5-7-12(17)8-6-11)15(19)9-3-2-4-10-15/h5-8,13,17,19H,2-4,9-10H2,1H3,(H,16,18). The van der Waals surface area contributed by atoms with Gasteiger partial charge in [-0.1, -0.05) is 31.4 Å². The quantitative estimate of drug-likeness (QED) is 0.780. The molecule has 19 heavy (non-hydrogen) atoms. The molecule has 0 aromatic heterocycles. The highest BCUT2D eigenvalue weighted by molar-refractivity contribution is 5.84. The summed E-state index contributed by atoms with van der Waals surface area (Å²) in [7, 11) is 1.59. The first-order chi connectivity index (χ1) is 9.07. The van der Waals surface area contributed by atoms with Crippen molar-refractivity contribution in [3.8, 4) is 5.75 Å². The lowest BCUT2D eigenvalue weighted by Crippen LogP contribution is -2.45. The van der Waals surface area contributed by atoms with Crippen LogP contribution in [0.3, 0.4) is 0 Å². The first-order valence-corrected chi connectivity index (χ1v) is 6.80. The van der Waals surface area contributed by atoms with Crippen LogP contribution in [0.4, 0.5) is 0 Å². The van der Waals surface area contributed by atoms with Crippen molar-refractivity contribution in [2.75, 3.05) is 7.05 Å². The van der Waals surface area contributed by atoms with E-state index in [2.05, 4.69) is 5.32 Å². The number of hydrogen-bond donors (Lipinski definition) is 3. The normalized spacial score (nSPS) is 19.7. The number of amides is 1. The molecule has 3 N–H and O–H groups in total. The van der Waals surface area contributed by atoms with Gasteiger partial charge in [-0.05, 0) is 30.5 Å². The number of hydrogen-bond acceptors (Lipinski definition) is 3. The van der Waals surface area contributed by atoms with Crippen LogP contribution >= 0.6 is 0 Å². The van der Waals surface area contributed by atoms with Crippen LogP contribution in [-0.2, 0) is 4.79 Å². The Kier molecular flexibility index (Phi) is 4.10. The Morgan fingerprint density at radius 1 is 1.21 bits per heavy atom. The van der Waals surface area contributed by atoms with Gasteiger partial charge in [0.05, 0.1) is 11.5 Å². The molecule has 0 bridgehead atoms. The summed E-state index contributed by atoms with van der Waals surface area (Å²) in [4.78, 5) is 12.2. The zero-order valence-electron chi connectivity index (χ0n) is 11.2. The fourth-order valence-corrected chi connectivity index (χ4v) is 2.97. The molecule has 1 saturated carbocycles. The molecule has 2 rings (SSSR count). The number of carbonyl (C=O) groups is 1. The summed E-state index contributed by atoms with van der Waals surface area (Å²) < 4.78 is 0. The molecule has 104 valence electrons. The number of aromatic hydroxyl groups is 1. The number of benzene rings is 1. The lowest BCUT2D eigenvalue weighted by Gasteiger charge is -2.38. The summed E-state index contributed by atoms with van der Waals surface area (Å²) in [5.41, 5.74) is -0.225. The number of likely N-dealkylation sites (N-methyl/N-ethyl adjacent to an activating group) is 1. The van der Waals surface area contributed by atoms with Gasteiger partial charge in [-0.2, -0.15) is 0 Å². The third-order valence-corrected chi connectivity index (χ3v) is 3.99. The average molecular weight is 263 g/mol. The summed E-state index contributed by atoms with van der Waals surface area (Å²) in [6.45, 7) is 0. The summed E-state index contributed by atoms with van der Waals surface area (Å²) in [5, 5.41) is 22.8. The van der Waals surface area contributed by atoms with Crippen molar-refractivity contribution in [2.24, 2.45) is 0 Å². The van der Waals surface area contributed by atoms with Crippen LogP contribution in [0.25, 0.3) is 0 Å². The summed E-state index contributed by atoms with van der Waals surface area (Å²) in [5.74, 6) is -0.580. The highest BCUT2D eigenvalue weighted by atomic mass is 16.3. The second-order valence-corrected chi connectivity index (χ2v) is 5.30. The van der Waals surface area contributed by atoms with Gasteiger partial charge in [-0.15, -0.1) is 0 Å². The number of nitrogens with one attached hydrogen (secondary N) is 1. The number of rotatable bonds is 3. The maximum atomic E-state index is 12.2. The number of phenols is 1. The van der Waals surface area contributed by atoms with Crippen molar-refractivity contribution in [3.63, 3.8) is 0 Å². The lowest BCUT2D eigenvalue weighted by molar-refractivity contribution is -0.130. The van der Waals surface area contributed by atoms with E-state index in [0.717, 1.165) is 24.8 Å². The van der Waals surface area contributed by atoms with Crippen molar-refractivity contribution in [3.05, 3.63) is 29.8 Å². The van der Waals surface area contributed by atoms with E-state index in [4.69, 9.17) is 0 Å². The maximum Gasteiger partial charge on any atom is 0.230 e. The second kappa shape index (κ2) is 5.61. The number of aliphatic hydroxyl groups is 1. The van der Waals surface area contributed by atoms with E-state index in [1.165, 1.54) is 0 Å². The molecule has 0 saturated heterocycles. The monoisotopic (exact) mass is 263 g/mol. The molecule has 0 heterocycles. The Hall–Kier alpha value is -1.55. The van der Waals surface area contributed by atoms with Crippen LogP contribution < -0.4 is 5.32 Å². The average Bonchev–Trinajstić information content (AvgIpc) is 2.41. The van der Waals surface area contributed by atoms with E-state index in [1.807, 2.05) is 0 Å². The Bertz CT molecular complexity index is 435. The van der Waals surface area contributed by atoms with Gasteiger partial charge in [0.25, 0.3) is 0 Å². The van der Waals surface area contributed by atoms with Gasteiger partial charge < -0.3 is 15.5 Å². The molecule has 0 radical (unpaired) electrons. The fraction of sp³-hybridized carbons (Fsp3) is 0.533. The van der Waals surface area contributed by atoms with Crippen molar-refractivity contribution < 1.29 is 15.0 Å². The second-order valence-electron chi connectivity index (χ2n) is 5.30. The molecule has 4 heteroatoms. The van der Waals surface area contributed by atoms with Gasteiger partial charge in [-0.25, -0.2) is 0 Å². The zero-order chi connectivity index (χ0) is 13.9. The van der Waals surface area contributed by atoms with Gasteiger partial charge in [0, 0.05) is 7.05 Å². The van der Waals surface area contributed by atoms with Crippen LogP contribution in [0.1, 0.15) is 43.6 Å². The van der Waals surface area contributed by atoms with Gasteiger partial charge in [0.15, 0.2) is 0 Å². The summed E-state index contributed by atoms with van der Waals surface area (Å²) in [6.07, 6.45) is 4.29. The van der Waals surface area contributed by atoms with Crippen LogP contribution in [0.2, 0.25) is 0 Å². The van der Waals surface area contributed by atoms with E-state index in [-0.39, 0.29) is 11.7 Å². The van der Waals surface area contributed by atoms with Crippen molar-refractivity contribution in [1.29, 1.82) is 0 Å². The van der Waals surface area contributed by atoms with E-state index in [9.17, 15) is 15.0 Å². The first kappa shape index (κ1) is 13.9. The first-order valence-electron chi connectivity index (χ1n) is 6.80. The minimum absolute atomic E-state index is 0.162. The highest BCUT2D eigenvalue weighted by Gasteiger charge is 2.42. The maximum absolute atomic E-state index is 12.2. The molecular weight excluding hydrogens is 242 g/mol. The number of carbonyl (C=O) groups excluding carboxylic acids is 1. The van der Waals surface area contributed by atoms with Gasteiger partial charge in [0.2, 0.25) is 5.91 Å². The molecule has 1 aromatic carbocycles. The van der Waals surface area contributed by atoms with Gasteiger partial charge in [-0.3, -0.25) is 4.79 Å². The van der Waals surface area contributed by atoms with Crippen LogP contribution in [0.15, 0.2) is 24.3 Å². The van der Waals surface area contributed by atoms with Gasteiger partial charge >= 0.3 is 0 Å². The Balaban J connectivity index is 2.35. The van der Waals surface area contributed by atoms with Crippen molar-refractivity contribution >= 4 is 5.91 Å². The minimum atomic E-state index is -0.977. The van der Waals surface area contributed by atoms with E-state index >= 15 is 0 Å². The SMILES string of the molecule is CNC(=O)C(c1ccc(O)cc1)C1(O)CCCCC1. The third kappa shape index (κ3) is 2.89. The van der Waals surface area contributed by atoms with Crippen LogP contribution in [0.5, 0.6) is 5.75 Å². The molecule has 1 unspecified atom stereocenters. The predicted molar refractivity (Wildman–Crippen MR) is 72.9 cm³/mol. The largest absolute Gasteiger partial charge is 0.508 e. The van der Waals surface area contributed by atoms with Crippen molar-refractivity contribution in [1.82, 2.24) is 5.32 Å². The summed E-state index contributed by atoms with van der Waals surface area (Å²) in [6, 6.07) is 6.53. The molecule has 1 fully saturated rings. The Morgan fingerprint density at radius 3 is 2.32 bits per heavy atom. The van der Waals surface area contributed by atoms with Gasteiger partial charge in [0.1, 0.15) is 5.75 Å². The van der Waals surface area contributed by atoms with Crippen molar-refractivity contribution in [2.45, 2.75) is 43.6 Å². The molecule has 1 aliphatic carbocycles. The third-order valence-electron chi connectivity index (χ3n) is 3.99. The van der Waals surface area contributed by atoms with E-state index in [0.29, 0.717) is 12.8 Å². The molecule has 0 spiro atoms. The smallest absolute Gasteiger partial charge is 0.230 e. The van der Waals surface area contributed by atoms with Crippen LogP contribution in [-0.4, -0.2) is 28.8 Å². The molecule has 0 aliphatic heterocycles. The fourth-order valence-electron chi connectivity index (χ4n) is 2.97. The molecule has 1 amide bonds. The molecule has 4 nitrogen and oxygen atoms in total. The topological polar surface area (TPSA) is 69.6 Å². The van der Waals surface area contributed by atoms with E-state index < -0.39 is 11.5 Å². The number of phenolic OH excluding ortho intramolecular Hbond substituents is 1. The zero-order valence-corrected chi connectivity index (χ0v) is 11.2. The molecular formula is C15H21NO3. The summed E-state index contributed by atoms with van der Waals surface area (Å²) >= 11 is 0. The Labute approximate surface area is 113 Å². The minimum Gasteiger partial charge on any atom is -0.508 e. The Morgan fingerprint density at radius 2 is 1.79 bits per heavy atom. The highest BCUT2D eigenvalue weighted by Crippen LogP contribution is 2.40. The van der Waals surface area contributed by atoms with E-state index in [1.54, 1.807) is 31.3 Å².